The molecule has 1 atom stereocenters. The van der Waals surface area contributed by atoms with E-state index in [2.05, 4.69) is 19.9 Å². The quantitative estimate of drug-likeness (QED) is 0.422. The van der Waals surface area contributed by atoms with E-state index in [1.807, 2.05) is 0 Å². The summed E-state index contributed by atoms with van der Waals surface area (Å²) >= 11 is 0. The lowest BCUT2D eigenvalue weighted by atomic mass is 10.1. The summed E-state index contributed by atoms with van der Waals surface area (Å²) in [5, 5.41) is 5.95. The molecule has 0 spiro atoms. The second-order valence-corrected chi connectivity index (χ2v) is 14.5. The number of hydrogen-bond donors (Lipinski definition) is 2. The number of alkyl halides is 3. The van der Waals surface area contributed by atoms with Gasteiger partial charge in [0.1, 0.15) is 11.9 Å². The molecule has 1 aromatic carbocycles. The van der Waals surface area contributed by atoms with Gasteiger partial charge in [-0.05, 0) is 57.7 Å². The van der Waals surface area contributed by atoms with Gasteiger partial charge in [0.2, 0.25) is 15.6 Å². The van der Waals surface area contributed by atoms with Crippen LogP contribution in [0.15, 0.2) is 23.1 Å². The zero-order valence-corrected chi connectivity index (χ0v) is 24.5. The SMILES string of the molecule is COc1nn2c(c1S(=O)(=O)N1CC(CNS(=O)(=O)C3CC3)Oc3ccc(NC(=O)OC(C)(C)C(F)(F)F)cc31)CCC2. The number of anilines is 2. The van der Waals surface area contributed by atoms with E-state index in [1.54, 1.807) is 4.68 Å². The minimum atomic E-state index is -4.83. The summed E-state index contributed by atoms with van der Waals surface area (Å²) in [4.78, 5) is 12.2. The Kier molecular flexibility index (Phi) is 7.54. The van der Waals surface area contributed by atoms with Crippen LogP contribution in [0.3, 0.4) is 0 Å². The number of methoxy groups -OCH3 is 1. The molecule has 2 aliphatic heterocycles. The van der Waals surface area contributed by atoms with Crippen molar-refractivity contribution in [3.63, 3.8) is 0 Å². The highest BCUT2D eigenvalue weighted by atomic mass is 32.2. The lowest BCUT2D eigenvalue weighted by Crippen LogP contribution is -2.49. The maximum atomic E-state index is 14.2. The molecule has 0 bridgehead atoms. The Balaban J connectivity index is 1.48. The predicted octanol–water partition coefficient (Wildman–Crippen LogP) is 2.77. The summed E-state index contributed by atoms with van der Waals surface area (Å²) in [6.45, 7) is 1.34. The number of aromatic nitrogens is 2. The third-order valence-electron chi connectivity index (χ3n) is 7.15. The van der Waals surface area contributed by atoms with Crippen LogP contribution in [0, 0.1) is 0 Å². The van der Waals surface area contributed by atoms with Gasteiger partial charge in [-0.25, -0.2) is 26.4 Å². The molecule has 1 fully saturated rings. The van der Waals surface area contributed by atoms with Crippen LogP contribution in [0.2, 0.25) is 0 Å². The van der Waals surface area contributed by atoms with Crippen LogP contribution in [-0.4, -0.2) is 76.0 Å². The molecular weight excluding hydrogens is 607 g/mol. The molecule has 1 unspecified atom stereocenters. The van der Waals surface area contributed by atoms with E-state index in [-0.39, 0.29) is 41.0 Å². The minimum absolute atomic E-state index is 0.0378. The molecular formula is C24H30F3N5O8S2. The first-order chi connectivity index (χ1) is 19.5. The number of fused-ring (bicyclic) bond motifs is 2. The average Bonchev–Trinajstić information content (AvgIpc) is 3.56. The van der Waals surface area contributed by atoms with Crippen LogP contribution in [0.4, 0.5) is 29.3 Å². The summed E-state index contributed by atoms with van der Waals surface area (Å²) in [5.74, 6) is -0.0752. The second kappa shape index (κ2) is 10.5. The zero-order chi connectivity index (χ0) is 30.7. The van der Waals surface area contributed by atoms with Gasteiger partial charge in [-0.3, -0.25) is 14.3 Å². The smallest absolute Gasteiger partial charge is 0.427 e. The highest BCUT2D eigenvalue weighted by molar-refractivity contribution is 7.93. The fourth-order valence-corrected chi connectivity index (χ4v) is 7.89. The zero-order valence-electron chi connectivity index (χ0n) is 22.9. The van der Waals surface area contributed by atoms with Gasteiger partial charge in [-0.1, -0.05) is 0 Å². The number of sulfonamides is 2. The molecule has 18 heteroatoms. The molecule has 3 aliphatic rings. The Labute approximate surface area is 240 Å². The van der Waals surface area contributed by atoms with Crippen LogP contribution in [0.25, 0.3) is 0 Å². The predicted molar refractivity (Wildman–Crippen MR) is 143 cm³/mol. The van der Waals surface area contributed by atoms with Gasteiger partial charge < -0.3 is 14.2 Å². The van der Waals surface area contributed by atoms with Crippen molar-refractivity contribution in [3.05, 3.63) is 23.9 Å². The fraction of sp³-hybridized carbons (Fsp3) is 0.583. The number of hydrogen-bond acceptors (Lipinski definition) is 9. The van der Waals surface area contributed by atoms with Crippen molar-refractivity contribution in [1.82, 2.24) is 14.5 Å². The third kappa shape index (κ3) is 5.70. The maximum Gasteiger partial charge on any atom is 0.427 e. The number of nitrogens with one attached hydrogen (secondary N) is 2. The first kappa shape index (κ1) is 30.2. The molecule has 1 amide bonds. The van der Waals surface area contributed by atoms with Crippen molar-refractivity contribution in [3.8, 4) is 11.6 Å². The number of nitrogens with zero attached hydrogens (tertiary/aromatic N) is 3. The first-order valence-electron chi connectivity index (χ1n) is 13.1. The molecule has 3 heterocycles. The number of halogens is 3. The van der Waals surface area contributed by atoms with Gasteiger partial charge >= 0.3 is 12.3 Å². The Bertz CT molecular complexity index is 1600. The second-order valence-electron chi connectivity index (χ2n) is 10.7. The molecule has 0 saturated heterocycles. The number of benzene rings is 1. The van der Waals surface area contributed by atoms with Crippen molar-refractivity contribution in [1.29, 1.82) is 0 Å². The molecule has 2 aromatic rings. The largest absolute Gasteiger partial charge is 0.485 e. The molecule has 1 aromatic heterocycles. The van der Waals surface area contributed by atoms with Crippen molar-refractivity contribution in [2.45, 2.75) is 74.1 Å². The van der Waals surface area contributed by atoms with Crippen LogP contribution < -0.4 is 23.8 Å². The normalized spacial score (nSPS) is 19.1. The number of rotatable bonds is 9. The topological polar surface area (TPSA) is 158 Å². The molecule has 1 aliphatic carbocycles. The molecule has 42 heavy (non-hydrogen) atoms. The number of carbonyl (C=O) groups is 1. The Morgan fingerprint density at radius 1 is 1.19 bits per heavy atom. The lowest BCUT2D eigenvalue weighted by molar-refractivity contribution is -0.242. The molecule has 13 nitrogen and oxygen atoms in total. The molecule has 5 rings (SSSR count). The van der Waals surface area contributed by atoms with Gasteiger partial charge in [0.25, 0.3) is 15.9 Å². The standard InChI is InChI=1S/C24H30F3N5O8S2/c1-23(2,24(25,26)27)40-22(33)29-14-6-9-19-18(11-14)32(13-15(39-19)12-28-41(34,35)16-7-8-16)42(36,37)20-17-5-4-10-31(17)30-21(20)38-3/h6,9,11,15-16,28H,4-5,7-8,10,12-13H2,1-3H3,(H,29,33). The van der Waals surface area contributed by atoms with Gasteiger partial charge in [0.15, 0.2) is 4.90 Å². The number of ether oxygens (including phenoxy) is 3. The third-order valence-corrected chi connectivity index (χ3v) is 10.9. The van der Waals surface area contributed by atoms with Crippen molar-refractivity contribution >= 4 is 37.5 Å². The van der Waals surface area contributed by atoms with Crippen LogP contribution >= 0.6 is 0 Å². The Morgan fingerprint density at radius 3 is 2.55 bits per heavy atom. The number of amides is 1. The number of aryl methyl sites for hydroxylation is 1. The van der Waals surface area contributed by atoms with Gasteiger partial charge in [0, 0.05) is 18.8 Å². The Morgan fingerprint density at radius 2 is 1.90 bits per heavy atom. The van der Waals surface area contributed by atoms with E-state index in [9.17, 15) is 34.8 Å². The van der Waals surface area contributed by atoms with Gasteiger partial charge in [-0.15, -0.1) is 5.10 Å². The van der Waals surface area contributed by atoms with E-state index in [0.29, 0.717) is 51.8 Å². The van der Waals surface area contributed by atoms with Crippen molar-refractivity contribution in [2.24, 2.45) is 0 Å². The molecule has 232 valence electrons. The van der Waals surface area contributed by atoms with Crippen LogP contribution in [0.5, 0.6) is 11.6 Å². The first-order valence-corrected chi connectivity index (χ1v) is 16.0. The molecule has 1 saturated carbocycles. The van der Waals surface area contributed by atoms with Gasteiger partial charge in [0.05, 0.1) is 30.3 Å². The van der Waals surface area contributed by atoms with Crippen LogP contribution in [0.1, 0.15) is 38.8 Å². The fourth-order valence-electron chi connectivity index (χ4n) is 4.64. The summed E-state index contributed by atoms with van der Waals surface area (Å²) < 4.78 is 114. The minimum Gasteiger partial charge on any atom is -0.485 e. The van der Waals surface area contributed by atoms with Crippen molar-refractivity contribution < 1.29 is 49.0 Å². The van der Waals surface area contributed by atoms with E-state index < -0.39 is 49.3 Å². The van der Waals surface area contributed by atoms with Crippen LogP contribution in [-0.2, 0) is 37.7 Å². The monoisotopic (exact) mass is 637 g/mol. The lowest BCUT2D eigenvalue weighted by Gasteiger charge is -2.35. The van der Waals surface area contributed by atoms with E-state index in [0.717, 1.165) is 4.31 Å². The van der Waals surface area contributed by atoms with E-state index in [4.69, 9.17) is 9.47 Å². The summed E-state index contributed by atoms with van der Waals surface area (Å²) in [6.07, 6.45) is -5.01. The summed E-state index contributed by atoms with van der Waals surface area (Å²) in [5.41, 5.74) is -2.45. The molecule has 0 radical (unpaired) electrons. The van der Waals surface area contributed by atoms with E-state index in [1.165, 1.54) is 25.3 Å². The average molecular weight is 638 g/mol. The number of carbonyl (C=O) groups excluding carboxylic acids is 1. The molecule has 2 N–H and O–H groups in total. The van der Waals surface area contributed by atoms with E-state index >= 15 is 0 Å². The summed E-state index contributed by atoms with van der Waals surface area (Å²) in [6, 6.07) is 3.83. The highest BCUT2D eigenvalue weighted by Crippen LogP contribution is 2.42. The van der Waals surface area contributed by atoms with Crippen molar-refractivity contribution in [2.75, 3.05) is 29.8 Å². The Hall–Kier alpha value is -3.25. The van der Waals surface area contributed by atoms with Gasteiger partial charge in [-0.2, -0.15) is 13.2 Å². The highest BCUT2D eigenvalue weighted by Gasteiger charge is 2.51. The summed E-state index contributed by atoms with van der Waals surface area (Å²) in [7, 11) is -6.72. The maximum absolute atomic E-state index is 14.2.